The molecule has 1 saturated carbocycles. The Morgan fingerprint density at radius 1 is 1.32 bits per heavy atom. The lowest BCUT2D eigenvalue weighted by Gasteiger charge is -2.25. The molecule has 0 bridgehead atoms. The van der Waals surface area contributed by atoms with Gasteiger partial charge in [-0.3, -0.25) is 4.79 Å². The second-order valence-corrected chi connectivity index (χ2v) is 5.44. The molecule has 0 spiro atoms. The summed E-state index contributed by atoms with van der Waals surface area (Å²) >= 11 is 0. The standard InChI is InChI=1S/C16H20FNO/c1-18(2)11-14-5-3-4-13(16(14)19)10-12-6-8-15(17)9-7-12/h6-10,14H,3-5,11H2,1-2H3. The summed E-state index contributed by atoms with van der Waals surface area (Å²) in [5, 5.41) is 0. The Kier molecular flexibility index (Phi) is 4.48. The van der Waals surface area contributed by atoms with Crippen LogP contribution in [-0.2, 0) is 4.79 Å². The molecule has 0 aromatic heterocycles. The zero-order valence-electron chi connectivity index (χ0n) is 11.5. The lowest BCUT2D eigenvalue weighted by molar-refractivity contribution is -0.120. The molecule has 0 N–H and O–H groups in total. The Morgan fingerprint density at radius 2 is 2.00 bits per heavy atom. The molecule has 1 aliphatic carbocycles. The van der Waals surface area contributed by atoms with Gasteiger partial charge >= 0.3 is 0 Å². The van der Waals surface area contributed by atoms with Crippen molar-refractivity contribution in [2.24, 2.45) is 5.92 Å². The lowest BCUT2D eigenvalue weighted by Crippen LogP contribution is -2.31. The van der Waals surface area contributed by atoms with Crippen molar-refractivity contribution in [2.45, 2.75) is 19.3 Å². The Hall–Kier alpha value is -1.48. The summed E-state index contributed by atoms with van der Waals surface area (Å²) < 4.78 is 12.9. The second kappa shape index (κ2) is 6.11. The number of halogens is 1. The molecule has 1 atom stereocenters. The largest absolute Gasteiger partial charge is 0.309 e. The first-order valence-corrected chi connectivity index (χ1v) is 6.71. The quantitative estimate of drug-likeness (QED) is 0.779. The van der Waals surface area contributed by atoms with Gasteiger partial charge in [0.1, 0.15) is 5.82 Å². The predicted molar refractivity (Wildman–Crippen MR) is 75.3 cm³/mol. The first kappa shape index (κ1) is 13.9. The van der Waals surface area contributed by atoms with Crippen LogP contribution in [0.15, 0.2) is 29.8 Å². The smallest absolute Gasteiger partial charge is 0.163 e. The molecule has 19 heavy (non-hydrogen) atoms. The maximum Gasteiger partial charge on any atom is 0.163 e. The maximum atomic E-state index is 12.9. The van der Waals surface area contributed by atoms with Crippen molar-refractivity contribution >= 4 is 11.9 Å². The van der Waals surface area contributed by atoms with Gasteiger partial charge in [-0.05, 0) is 62.7 Å². The summed E-state index contributed by atoms with van der Waals surface area (Å²) in [6, 6.07) is 6.28. The summed E-state index contributed by atoms with van der Waals surface area (Å²) in [6.45, 7) is 0.805. The van der Waals surface area contributed by atoms with E-state index >= 15 is 0 Å². The molecule has 1 aliphatic rings. The SMILES string of the molecule is CN(C)CC1CCCC(=Cc2ccc(F)cc2)C1=O. The first-order valence-electron chi connectivity index (χ1n) is 6.71. The van der Waals surface area contributed by atoms with Crippen molar-refractivity contribution in [3.05, 3.63) is 41.2 Å². The van der Waals surface area contributed by atoms with Crippen LogP contribution < -0.4 is 0 Å². The Morgan fingerprint density at radius 3 is 2.63 bits per heavy atom. The van der Waals surface area contributed by atoms with E-state index in [-0.39, 0.29) is 17.5 Å². The predicted octanol–water partition coefficient (Wildman–Crippen LogP) is 3.14. The van der Waals surface area contributed by atoms with E-state index in [1.54, 1.807) is 12.1 Å². The molecule has 0 radical (unpaired) electrons. The van der Waals surface area contributed by atoms with Gasteiger partial charge in [-0.2, -0.15) is 0 Å². The van der Waals surface area contributed by atoms with Crippen LogP contribution in [0, 0.1) is 11.7 Å². The van der Waals surface area contributed by atoms with Crippen LogP contribution in [0.2, 0.25) is 0 Å². The molecule has 0 amide bonds. The fourth-order valence-corrected chi connectivity index (χ4v) is 2.57. The average molecular weight is 261 g/mol. The van der Waals surface area contributed by atoms with Gasteiger partial charge in [-0.25, -0.2) is 4.39 Å². The van der Waals surface area contributed by atoms with Crippen molar-refractivity contribution in [2.75, 3.05) is 20.6 Å². The fraction of sp³-hybridized carbons (Fsp3) is 0.438. The van der Waals surface area contributed by atoms with Gasteiger partial charge in [0.15, 0.2) is 5.78 Å². The van der Waals surface area contributed by atoms with Crippen molar-refractivity contribution < 1.29 is 9.18 Å². The van der Waals surface area contributed by atoms with Gasteiger partial charge in [0.2, 0.25) is 0 Å². The van der Waals surface area contributed by atoms with Gasteiger partial charge in [0.25, 0.3) is 0 Å². The van der Waals surface area contributed by atoms with Crippen LogP contribution in [0.3, 0.4) is 0 Å². The van der Waals surface area contributed by atoms with E-state index in [2.05, 4.69) is 4.90 Å². The normalized spacial score (nSPS) is 22.2. The van der Waals surface area contributed by atoms with E-state index in [1.165, 1.54) is 12.1 Å². The van der Waals surface area contributed by atoms with Gasteiger partial charge < -0.3 is 4.90 Å². The first-order chi connectivity index (χ1) is 9.06. The summed E-state index contributed by atoms with van der Waals surface area (Å²) in [7, 11) is 3.98. The molecule has 2 rings (SSSR count). The molecule has 0 saturated heterocycles. The van der Waals surface area contributed by atoms with E-state index in [0.29, 0.717) is 0 Å². The molecule has 2 nitrogen and oxygen atoms in total. The fourth-order valence-electron chi connectivity index (χ4n) is 2.57. The number of carbonyl (C=O) groups is 1. The molecule has 0 aliphatic heterocycles. The van der Waals surface area contributed by atoms with E-state index in [9.17, 15) is 9.18 Å². The number of benzene rings is 1. The van der Waals surface area contributed by atoms with Gasteiger partial charge in [-0.1, -0.05) is 12.1 Å². The average Bonchev–Trinajstić information content (AvgIpc) is 2.36. The monoisotopic (exact) mass is 261 g/mol. The summed E-state index contributed by atoms with van der Waals surface area (Å²) in [5.41, 5.74) is 1.78. The topological polar surface area (TPSA) is 20.3 Å². The van der Waals surface area contributed by atoms with Gasteiger partial charge in [0, 0.05) is 12.5 Å². The minimum atomic E-state index is -0.248. The number of ketones is 1. The van der Waals surface area contributed by atoms with Crippen molar-refractivity contribution in [1.82, 2.24) is 4.90 Å². The Labute approximate surface area is 113 Å². The summed E-state index contributed by atoms with van der Waals surface area (Å²) in [4.78, 5) is 14.4. The minimum absolute atomic E-state index is 0.107. The van der Waals surface area contributed by atoms with Crippen LogP contribution in [0.5, 0.6) is 0 Å². The van der Waals surface area contributed by atoms with E-state index in [0.717, 1.165) is 36.9 Å². The van der Waals surface area contributed by atoms with Crippen LogP contribution in [0.4, 0.5) is 4.39 Å². The maximum absolute atomic E-state index is 12.9. The van der Waals surface area contributed by atoms with Crippen molar-refractivity contribution in [3.8, 4) is 0 Å². The third-order valence-corrected chi connectivity index (χ3v) is 3.48. The zero-order chi connectivity index (χ0) is 13.8. The van der Waals surface area contributed by atoms with Gasteiger partial charge in [0.05, 0.1) is 0 Å². The van der Waals surface area contributed by atoms with E-state index in [1.807, 2.05) is 20.2 Å². The van der Waals surface area contributed by atoms with E-state index < -0.39 is 0 Å². The lowest BCUT2D eigenvalue weighted by atomic mass is 9.83. The number of allylic oxidation sites excluding steroid dienone is 1. The van der Waals surface area contributed by atoms with Crippen LogP contribution in [0.1, 0.15) is 24.8 Å². The molecule has 102 valence electrons. The third-order valence-electron chi connectivity index (χ3n) is 3.48. The molecule has 3 heteroatoms. The highest BCUT2D eigenvalue weighted by Gasteiger charge is 2.26. The van der Waals surface area contributed by atoms with Crippen molar-refractivity contribution in [3.63, 3.8) is 0 Å². The third kappa shape index (κ3) is 3.74. The highest BCUT2D eigenvalue weighted by atomic mass is 19.1. The summed E-state index contributed by atoms with van der Waals surface area (Å²) in [5.74, 6) is 0.113. The minimum Gasteiger partial charge on any atom is -0.309 e. The summed E-state index contributed by atoms with van der Waals surface area (Å²) in [6.07, 6.45) is 4.76. The van der Waals surface area contributed by atoms with Crippen molar-refractivity contribution in [1.29, 1.82) is 0 Å². The molecule has 1 aromatic rings. The molecule has 0 heterocycles. The van der Waals surface area contributed by atoms with Crippen LogP contribution >= 0.6 is 0 Å². The van der Waals surface area contributed by atoms with Crippen LogP contribution in [0.25, 0.3) is 6.08 Å². The number of nitrogens with zero attached hydrogens (tertiary/aromatic N) is 1. The number of carbonyl (C=O) groups excluding carboxylic acids is 1. The number of hydrogen-bond donors (Lipinski definition) is 0. The second-order valence-electron chi connectivity index (χ2n) is 5.44. The molecule has 1 aromatic carbocycles. The number of rotatable bonds is 3. The Bertz CT molecular complexity index is 476. The Balaban J connectivity index is 2.14. The van der Waals surface area contributed by atoms with Gasteiger partial charge in [-0.15, -0.1) is 0 Å². The zero-order valence-corrected chi connectivity index (χ0v) is 11.5. The van der Waals surface area contributed by atoms with Crippen LogP contribution in [-0.4, -0.2) is 31.3 Å². The highest BCUT2D eigenvalue weighted by molar-refractivity contribution is 6.01. The molecule has 1 fully saturated rings. The number of hydrogen-bond acceptors (Lipinski definition) is 2. The number of Topliss-reactive ketones (excluding diaryl/α,β-unsaturated/α-hetero) is 1. The molecule has 1 unspecified atom stereocenters. The molecular weight excluding hydrogens is 241 g/mol. The molecular formula is C16H20FNO. The highest BCUT2D eigenvalue weighted by Crippen LogP contribution is 2.27. The van der Waals surface area contributed by atoms with E-state index in [4.69, 9.17) is 0 Å².